The first-order valence-corrected chi connectivity index (χ1v) is 15.0. The zero-order valence-corrected chi connectivity index (χ0v) is 24.9. The molecular weight excluding hydrogens is 556 g/mol. The summed E-state index contributed by atoms with van der Waals surface area (Å²) in [4.78, 5) is 9.34. The normalized spacial score (nSPS) is 21.7. The number of pyridine rings is 2. The highest BCUT2D eigenvalue weighted by Crippen LogP contribution is 2.32. The maximum absolute atomic E-state index is 9.76. The fraction of sp³-hybridized carbons (Fsp3) is 0.586. The highest BCUT2D eigenvalue weighted by Gasteiger charge is 2.32. The zero-order chi connectivity index (χ0) is 29.4. The van der Waals surface area contributed by atoms with E-state index in [1.54, 1.807) is 6.20 Å². The Balaban J connectivity index is 1.11. The number of aromatic nitrogens is 6. The Kier molecular flexibility index (Phi) is 10.2. The van der Waals surface area contributed by atoms with E-state index >= 15 is 0 Å². The maximum Gasteiger partial charge on any atom is 0.202 e. The molecule has 2 aliphatic rings. The second-order valence-electron chi connectivity index (χ2n) is 11.3. The lowest BCUT2D eigenvalue weighted by atomic mass is 9.82. The number of tetrazole rings is 1. The Hall–Kier alpha value is -3.37. The molecular formula is C29H39ClN10O2. The summed E-state index contributed by atoms with van der Waals surface area (Å²) in [6.07, 6.45) is 7.11. The second-order valence-corrected chi connectivity index (χ2v) is 11.7. The summed E-state index contributed by atoms with van der Waals surface area (Å²) in [5.41, 5.74) is 1.14. The van der Waals surface area contributed by atoms with Gasteiger partial charge in [-0.25, -0.2) is 9.97 Å². The Morgan fingerprint density at radius 2 is 1.95 bits per heavy atom. The molecule has 42 heavy (non-hydrogen) atoms. The largest absolute Gasteiger partial charge is 0.381 e. The third-order valence-electron chi connectivity index (χ3n) is 8.10. The fourth-order valence-electron chi connectivity index (χ4n) is 5.52. The van der Waals surface area contributed by atoms with E-state index in [1.807, 2.05) is 31.2 Å². The lowest BCUT2D eigenvalue weighted by Crippen LogP contribution is -2.43. The van der Waals surface area contributed by atoms with Gasteiger partial charge in [-0.15, -0.1) is 10.2 Å². The van der Waals surface area contributed by atoms with Gasteiger partial charge in [0.2, 0.25) is 5.82 Å². The fourth-order valence-corrected chi connectivity index (χ4v) is 5.72. The van der Waals surface area contributed by atoms with E-state index in [9.17, 15) is 5.26 Å². The number of nitriles is 1. The number of aromatic amines is 1. The van der Waals surface area contributed by atoms with Crippen molar-refractivity contribution in [2.75, 3.05) is 37.0 Å². The van der Waals surface area contributed by atoms with E-state index in [2.05, 4.69) is 54.6 Å². The van der Waals surface area contributed by atoms with Gasteiger partial charge in [-0.3, -0.25) is 0 Å². The van der Waals surface area contributed by atoms with Crippen molar-refractivity contribution in [3.8, 4) is 17.3 Å². The average molecular weight is 595 g/mol. The van der Waals surface area contributed by atoms with E-state index in [-0.39, 0.29) is 12.1 Å². The predicted octanol–water partition coefficient (Wildman–Crippen LogP) is 4.52. The molecule has 2 unspecified atom stereocenters. The zero-order valence-electron chi connectivity index (χ0n) is 24.1. The molecule has 2 atom stereocenters. The molecule has 0 bridgehead atoms. The minimum Gasteiger partial charge on any atom is -0.381 e. The van der Waals surface area contributed by atoms with Crippen LogP contribution >= 0.6 is 11.6 Å². The van der Waals surface area contributed by atoms with Gasteiger partial charge in [0.25, 0.3) is 0 Å². The SMILES string of the molecule is CC(COC(C)c1nn[nH]n1)NC1CCC(Nc2cc(-c3cccc(NCC4(C#N)CCOCC4)n3)c(Cl)cn2)CC1. The summed E-state index contributed by atoms with van der Waals surface area (Å²) in [5, 5.41) is 35.0. The topological polar surface area (TPSA) is 159 Å². The quantitative estimate of drug-likeness (QED) is 0.233. The van der Waals surface area contributed by atoms with E-state index in [4.69, 9.17) is 26.1 Å². The van der Waals surface area contributed by atoms with Gasteiger partial charge >= 0.3 is 0 Å². The summed E-state index contributed by atoms with van der Waals surface area (Å²) in [5.74, 6) is 2.06. The third kappa shape index (κ3) is 7.92. The van der Waals surface area contributed by atoms with Crippen molar-refractivity contribution < 1.29 is 9.47 Å². The van der Waals surface area contributed by atoms with E-state index in [1.165, 1.54) is 0 Å². The molecule has 2 fully saturated rings. The molecule has 12 nitrogen and oxygen atoms in total. The molecule has 1 saturated heterocycles. The number of halogens is 1. The maximum atomic E-state index is 9.76. The van der Waals surface area contributed by atoms with Crippen molar-refractivity contribution in [3.63, 3.8) is 0 Å². The van der Waals surface area contributed by atoms with Crippen molar-refractivity contribution in [1.29, 1.82) is 5.26 Å². The first-order chi connectivity index (χ1) is 20.4. The molecule has 3 aromatic heterocycles. The van der Waals surface area contributed by atoms with Gasteiger partial charge in [-0.05, 0) is 70.6 Å². The van der Waals surface area contributed by atoms with Crippen molar-refractivity contribution in [1.82, 2.24) is 35.9 Å². The number of hydrogen-bond donors (Lipinski definition) is 4. The summed E-state index contributed by atoms with van der Waals surface area (Å²) < 4.78 is 11.3. The number of rotatable bonds is 12. The van der Waals surface area contributed by atoms with E-state index < -0.39 is 5.41 Å². The van der Waals surface area contributed by atoms with E-state index in [0.29, 0.717) is 68.0 Å². The van der Waals surface area contributed by atoms with Crippen LogP contribution in [0.25, 0.3) is 11.3 Å². The number of H-pyrrole nitrogens is 1. The molecule has 5 rings (SSSR count). The molecule has 224 valence electrons. The molecule has 0 amide bonds. The Bertz CT molecular complexity index is 1320. The molecule has 4 N–H and O–H groups in total. The molecule has 0 spiro atoms. The monoisotopic (exact) mass is 594 g/mol. The minimum absolute atomic E-state index is 0.202. The van der Waals surface area contributed by atoms with Crippen molar-refractivity contribution in [2.24, 2.45) is 5.41 Å². The third-order valence-corrected chi connectivity index (χ3v) is 8.40. The van der Waals surface area contributed by atoms with Gasteiger partial charge in [0.05, 0.1) is 28.8 Å². The number of nitrogens with one attached hydrogen (secondary N) is 4. The van der Waals surface area contributed by atoms with Crippen molar-refractivity contribution in [3.05, 3.63) is 41.3 Å². The highest BCUT2D eigenvalue weighted by molar-refractivity contribution is 6.33. The lowest BCUT2D eigenvalue weighted by molar-refractivity contribution is 0.0436. The predicted molar refractivity (Wildman–Crippen MR) is 160 cm³/mol. The van der Waals surface area contributed by atoms with Crippen LogP contribution in [0.2, 0.25) is 5.02 Å². The number of hydrogen-bond acceptors (Lipinski definition) is 11. The molecule has 3 aromatic rings. The molecule has 0 radical (unpaired) electrons. The molecule has 1 aliphatic carbocycles. The van der Waals surface area contributed by atoms with Crippen LogP contribution in [0, 0.1) is 16.7 Å². The van der Waals surface area contributed by atoms with Crippen molar-refractivity contribution >= 4 is 23.2 Å². The van der Waals surface area contributed by atoms with Gasteiger partial charge in [-0.2, -0.15) is 10.5 Å². The summed E-state index contributed by atoms with van der Waals surface area (Å²) in [6, 6.07) is 11.3. The van der Waals surface area contributed by atoms with Crippen molar-refractivity contribution in [2.45, 2.75) is 76.6 Å². The van der Waals surface area contributed by atoms with Gasteiger partial charge in [0.1, 0.15) is 17.7 Å². The Morgan fingerprint density at radius 1 is 1.17 bits per heavy atom. The van der Waals surface area contributed by atoms with Crippen LogP contribution in [-0.2, 0) is 9.47 Å². The van der Waals surface area contributed by atoms with Gasteiger partial charge in [0.15, 0.2) is 0 Å². The first kappa shape index (κ1) is 30.1. The van der Waals surface area contributed by atoms with E-state index in [0.717, 1.165) is 42.8 Å². The second kappa shape index (κ2) is 14.2. The summed E-state index contributed by atoms with van der Waals surface area (Å²) in [7, 11) is 0. The average Bonchev–Trinajstić information content (AvgIpc) is 3.57. The Labute approximate surface area is 251 Å². The summed E-state index contributed by atoms with van der Waals surface area (Å²) >= 11 is 6.57. The number of anilines is 2. The number of nitrogens with zero attached hydrogens (tertiary/aromatic N) is 6. The van der Waals surface area contributed by atoms with Crippen LogP contribution < -0.4 is 16.0 Å². The molecule has 13 heteroatoms. The van der Waals surface area contributed by atoms with Gasteiger partial charge in [0, 0.05) is 49.6 Å². The molecule has 0 aromatic carbocycles. The van der Waals surface area contributed by atoms with Crippen LogP contribution in [0.3, 0.4) is 0 Å². The molecule has 1 saturated carbocycles. The van der Waals surface area contributed by atoms with Gasteiger partial charge < -0.3 is 25.4 Å². The van der Waals surface area contributed by atoms with Crippen LogP contribution in [0.5, 0.6) is 0 Å². The first-order valence-electron chi connectivity index (χ1n) is 14.7. The smallest absolute Gasteiger partial charge is 0.202 e. The number of ether oxygens (including phenoxy) is 2. The van der Waals surface area contributed by atoms with Crippen LogP contribution in [-0.4, -0.2) is 75.1 Å². The Morgan fingerprint density at radius 3 is 2.69 bits per heavy atom. The lowest BCUT2D eigenvalue weighted by Gasteiger charge is -2.32. The molecule has 4 heterocycles. The molecule has 1 aliphatic heterocycles. The van der Waals surface area contributed by atoms with Gasteiger partial charge in [-0.1, -0.05) is 22.9 Å². The van der Waals surface area contributed by atoms with Crippen LogP contribution in [0.4, 0.5) is 11.6 Å². The van der Waals surface area contributed by atoms with Crippen LogP contribution in [0.15, 0.2) is 30.5 Å². The van der Waals surface area contributed by atoms with Crippen LogP contribution in [0.1, 0.15) is 64.3 Å². The highest BCUT2D eigenvalue weighted by atomic mass is 35.5. The standard InChI is InChI=1S/C29H39ClN10O2/c1-19(16-42-20(2)28-37-39-40-38-28)34-21-6-8-22(9-7-21)35-27-14-23(24(30)15-32-27)25-4-3-5-26(36-25)33-18-29(17-31)10-12-41-13-11-29/h3-5,14-15,19-22,34H,6-13,16,18H2,1-2H3,(H,32,35)(H,33,36)(H,37,38,39,40). The summed E-state index contributed by atoms with van der Waals surface area (Å²) in [6.45, 7) is 6.39. The minimum atomic E-state index is -0.434.